The minimum atomic E-state index is -0.110. The molecular weight excluding hydrogens is 218 g/mol. The van der Waals surface area contributed by atoms with Gasteiger partial charge in [0.1, 0.15) is 0 Å². The molecule has 3 N–H and O–H groups in total. The van der Waals surface area contributed by atoms with E-state index in [2.05, 4.69) is 22.2 Å². The van der Waals surface area contributed by atoms with Crippen molar-refractivity contribution in [3.63, 3.8) is 0 Å². The number of nitrogens with zero attached hydrogens (tertiary/aromatic N) is 1. The average Bonchev–Trinajstić information content (AvgIpc) is 2.28. The number of aliphatic hydroxyl groups excluding tert-OH is 1. The summed E-state index contributed by atoms with van der Waals surface area (Å²) in [5.74, 6) is 0.546. The lowest BCUT2D eigenvalue weighted by atomic mass is 10.2. The molecule has 0 aliphatic carbocycles. The quantitative estimate of drug-likeness (QED) is 0.597. The zero-order chi connectivity index (χ0) is 12.5. The summed E-state index contributed by atoms with van der Waals surface area (Å²) in [6, 6.07) is 1.54. The minimum absolute atomic E-state index is 0.110. The van der Waals surface area contributed by atoms with Crippen LogP contribution in [0.5, 0.6) is 0 Å². The number of H-pyrrole nitrogens is 1. The highest BCUT2D eigenvalue weighted by Gasteiger charge is 1.99. The maximum Gasteiger partial charge on any atom is 0.252 e. The molecule has 1 heterocycles. The van der Waals surface area contributed by atoms with E-state index in [1.165, 1.54) is 0 Å². The number of rotatable bonds is 8. The second-order valence-electron chi connectivity index (χ2n) is 4.05. The fourth-order valence-corrected chi connectivity index (χ4v) is 1.60. The van der Waals surface area contributed by atoms with E-state index in [1.54, 1.807) is 6.07 Å². The molecule has 0 aromatic carbocycles. The van der Waals surface area contributed by atoms with Gasteiger partial charge >= 0.3 is 0 Å². The first-order valence-electron chi connectivity index (χ1n) is 6.21. The van der Waals surface area contributed by atoms with E-state index in [0.717, 1.165) is 44.3 Å². The van der Waals surface area contributed by atoms with E-state index in [1.807, 2.05) is 0 Å². The zero-order valence-electron chi connectivity index (χ0n) is 10.3. The molecule has 0 radical (unpaired) electrons. The van der Waals surface area contributed by atoms with Crippen LogP contribution in [0.3, 0.4) is 0 Å². The number of anilines is 1. The van der Waals surface area contributed by atoms with E-state index in [0.29, 0.717) is 5.95 Å². The molecule has 0 spiro atoms. The van der Waals surface area contributed by atoms with Gasteiger partial charge in [-0.3, -0.25) is 9.78 Å². The number of nitrogens with one attached hydrogen (secondary N) is 2. The Labute approximate surface area is 101 Å². The zero-order valence-corrected chi connectivity index (χ0v) is 10.3. The number of hydrogen-bond donors (Lipinski definition) is 3. The predicted molar refractivity (Wildman–Crippen MR) is 68.3 cm³/mol. The highest BCUT2D eigenvalue weighted by atomic mass is 16.2. The Morgan fingerprint density at radius 2 is 2.24 bits per heavy atom. The number of aliphatic hydroxyl groups is 1. The Kier molecular flexibility index (Phi) is 6.32. The second kappa shape index (κ2) is 7.84. The van der Waals surface area contributed by atoms with E-state index >= 15 is 0 Å². The van der Waals surface area contributed by atoms with Gasteiger partial charge in [0.2, 0.25) is 5.95 Å². The molecule has 0 saturated heterocycles. The molecule has 1 rings (SSSR count). The number of aromatic amines is 1. The monoisotopic (exact) mass is 239 g/mol. The molecule has 5 nitrogen and oxygen atoms in total. The van der Waals surface area contributed by atoms with Crippen molar-refractivity contribution >= 4 is 5.95 Å². The predicted octanol–water partition coefficient (Wildman–Crippen LogP) is 1.30. The van der Waals surface area contributed by atoms with Crippen molar-refractivity contribution in [1.29, 1.82) is 0 Å². The van der Waals surface area contributed by atoms with Gasteiger partial charge in [0.15, 0.2) is 0 Å². The maximum atomic E-state index is 11.4. The summed E-state index contributed by atoms with van der Waals surface area (Å²) in [5, 5.41) is 11.7. The van der Waals surface area contributed by atoms with E-state index in [-0.39, 0.29) is 12.2 Å². The molecule has 0 unspecified atom stereocenters. The van der Waals surface area contributed by atoms with Crippen LogP contribution in [-0.4, -0.2) is 28.2 Å². The van der Waals surface area contributed by atoms with Crippen molar-refractivity contribution < 1.29 is 5.11 Å². The third-order valence-corrected chi connectivity index (χ3v) is 2.43. The summed E-state index contributed by atoms with van der Waals surface area (Å²) < 4.78 is 0. The van der Waals surface area contributed by atoms with Gasteiger partial charge in [-0.05, 0) is 25.7 Å². The molecule has 17 heavy (non-hydrogen) atoms. The molecule has 0 aliphatic rings. The van der Waals surface area contributed by atoms with Gasteiger partial charge in [-0.25, -0.2) is 4.98 Å². The highest BCUT2D eigenvalue weighted by Crippen LogP contribution is 2.01. The number of hydrogen-bond acceptors (Lipinski definition) is 4. The first-order valence-corrected chi connectivity index (χ1v) is 6.21. The molecule has 1 aromatic rings. The summed E-state index contributed by atoms with van der Waals surface area (Å²) in [4.78, 5) is 18.3. The summed E-state index contributed by atoms with van der Waals surface area (Å²) in [7, 11) is 0. The topological polar surface area (TPSA) is 78.0 Å². The van der Waals surface area contributed by atoms with Crippen molar-refractivity contribution in [2.24, 2.45) is 0 Å². The molecule has 5 heteroatoms. The Bertz CT molecular complexity index is 376. The largest absolute Gasteiger partial charge is 0.396 e. The van der Waals surface area contributed by atoms with Crippen LogP contribution in [0.1, 0.15) is 38.3 Å². The lowest BCUT2D eigenvalue weighted by Gasteiger charge is -2.06. The molecule has 0 saturated carbocycles. The van der Waals surface area contributed by atoms with Crippen molar-refractivity contribution in [1.82, 2.24) is 9.97 Å². The van der Waals surface area contributed by atoms with Crippen LogP contribution < -0.4 is 10.9 Å². The van der Waals surface area contributed by atoms with Crippen LogP contribution >= 0.6 is 0 Å². The number of aromatic nitrogens is 2. The molecule has 0 bridgehead atoms. The summed E-state index contributed by atoms with van der Waals surface area (Å²) >= 11 is 0. The van der Waals surface area contributed by atoms with E-state index < -0.39 is 0 Å². The van der Waals surface area contributed by atoms with E-state index in [9.17, 15) is 4.79 Å². The number of aryl methyl sites for hydroxylation is 1. The smallest absolute Gasteiger partial charge is 0.252 e. The highest BCUT2D eigenvalue weighted by molar-refractivity contribution is 5.24. The minimum Gasteiger partial charge on any atom is -0.396 e. The van der Waals surface area contributed by atoms with Gasteiger partial charge in [-0.1, -0.05) is 13.3 Å². The fourth-order valence-electron chi connectivity index (χ4n) is 1.60. The van der Waals surface area contributed by atoms with Gasteiger partial charge in [0.25, 0.3) is 5.56 Å². The molecule has 1 aromatic heterocycles. The van der Waals surface area contributed by atoms with Crippen molar-refractivity contribution in [3.05, 3.63) is 22.1 Å². The van der Waals surface area contributed by atoms with Gasteiger partial charge in [-0.15, -0.1) is 0 Å². The van der Waals surface area contributed by atoms with Gasteiger partial charge < -0.3 is 10.4 Å². The number of unbranched alkanes of at least 4 members (excludes halogenated alkanes) is 2. The summed E-state index contributed by atoms with van der Waals surface area (Å²) in [6.45, 7) is 3.06. The fraction of sp³-hybridized carbons (Fsp3) is 0.667. The Balaban J connectivity index is 2.44. The maximum absolute atomic E-state index is 11.4. The molecular formula is C12H21N3O2. The second-order valence-corrected chi connectivity index (χ2v) is 4.05. The van der Waals surface area contributed by atoms with Gasteiger partial charge in [0.05, 0.1) is 0 Å². The van der Waals surface area contributed by atoms with Crippen LogP contribution in [-0.2, 0) is 6.42 Å². The van der Waals surface area contributed by atoms with Gasteiger partial charge in [0, 0.05) is 24.9 Å². The molecule has 0 atom stereocenters. The Morgan fingerprint density at radius 1 is 1.41 bits per heavy atom. The molecule has 0 amide bonds. The summed E-state index contributed by atoms with van der Waals surface area (Å²) in [6.07, 6.45) is 4.56. The first-order chi connectivity index (χ1) is 8.26. The Hall–Kier alpha value is -1.36. The normalized spacial score (nSPS) is 10.5. The first kappa shape index (κ1) is 13.7. The van der Waals surface area contributed by atoms with Crippen molar-refractivity contribution in [2.45, 2.75) is 39.0 Å². The van der Waals surface area contributed by atoms with E-state index in [4.69, 9.17) is 5.11 Å². The lowest BCUT2D eigenvalue weighted by Crippen LogP contribution is -2.14. The van der Waals surface area contributed by atoms with Crippen LogP contribution in [0.15, 0.2) is 10.9 Å². The van der Waals surface area contributed by atoms with Gasteiger partial charge in [-0.2, -0.15) is 0 Å². The average molecular weight is 239 g/mol. The summed E-state index contributed by atoms with van der Waals surface area (Å²) in [5.41, 5.74) is 0.718. The van der Waals surface area contributed by atoms with Crippen molar-refractivity contribution in [3.8, 4) is 0 Å². The third kappa shape index (κ3) is 5.49. The van der Waals surface area contributed by atoms with Crippen LogP contribution in [0.4, 0.5) is 5.95 Å². The van der Waals surface area contributed by atoms with Crippen LogP contribution in [0.25, 0.3) is 0 Å². The molecule has 0 aliphatic heterocycles. The Morgan fingerprint density at radius 3 is 2.94 bits per heavy atom. The third-order valence-electron chi connectivity index (χ3n) is 2.43. The molecule has 0 fully saturated rings. The molecule has 96 valence electrons. The van der Waals surface area contributed by atoms with Crippen LogP contribution in [0.2, 0.25) is 0 Å². The standard InChI is InChI=1S/C12H21N3O2/c1-2-6-10-9-11(17)15-12(14-10)13-7-4-3-5-8-16/h9,16H,2-8H2,1H3,(H2,13,14,15,17). The SMILES string of the molecule is CCCc1cc(=O)[nH]c(NCCCCCO)n1. The lowest BCUT2D eigenvalue weighted by molar-refractivity contribution is 0.283. The van der Waals surface area contributed by atoms with Crippen LogP contribution in [0, 0.1) is 0 Å². The van der Waals surface area contributed by atoms with Crippen molar-refractivity contribution in [2.75, 3.05) is 18.5 Å².